The Balaban J connectivity index is 0.000000261. The van der Waals surface area contributed by atoms with Crippen molar-refractivity contribution < 1.29 is 39.0 Å². The summed E-state index contributed by atoms with van der Waals surface area (Å²) < 4.78 is 16.7. The largest absolute Gasteiger partial charge is 1.00 e. The summed E-state index contributed by atoms with van der Waals surface area (Å²) in [5.74, 6) is 0.122. The number of nitrogens with one attached hydrogen (secondary N) is 2. The summed E-state index contributed by atoms with van der Waals surface area (Å²) >= 11 is 3.39. The third kappa shape index (κ3) is 12.1. The number of aromatic nitrogens is 6. The van der Waals surface area contributed by atoms with Gasteiger partial charge in [-0.2, -0.15) is 0 Å². The van der Waals surface area contributed by atoms with Gasteiger partial charge in [-0.05, 0) is 48.5 Å². The van der Waals surface area contributed by atoms with Crippen molar-refractivity contribution in [3.05, 3.63) is 170 Å². The van der Waals surface area contributed by atoms with Crippen LogP contribution in [0.1, 0.15) is 10.5 Å². The average Bonchev–Trinajstić information content (AvgIpc) is 3.74. The minimum absolute atomic E-state index is 0. The molecular weight excluding hydrogens is 763 g/mol. The third-order valence-electron chi connectivity index (χ3n) is 7.92. The number of anilines is 4. The van der Waals surface area contributed by atoms with Crippen molar-refractivity contribution in [1.29, 1.82) is 0 Å². The fourth-order valence-electron chi connectivity index (χ4n) is 5.21. The van der Waals surface area contributed by atoms with Crippen LogP contribution in [0, 0.1) is 0 Å². The maximum atomic E-state index is 11.7. The molecule has 0 atom stereocenters. The number of amides is 1. The number of hydrogen-bond acceptors (Lipinski definition) is 10. The van der Waals surface area contributed by atoms with Crippen molar-refractivity contribution in [3.8, 4) is 17.1 Å². The molecule has 57 heavy (non-hydrogen) atoms. The minimum Gasteiger partial charge on any atom is -0.769 e. The van der Waals surface area contributed by atoms with E-state index in [1.54, 1.807) is 38.0 Å². The van der Waals surface area contributed by atoms with E-state index in [4.69, 9.17) is 27.6 Å². The predicted octanol–water partition coefficient (Wildman–Crippen LogP) is -0.889. The first-order valence-electron chi connectivity index (χ1n) is 16.6. The van der Waals surface area contributed by atoms with Crippen LogP contribution in [0.2, 0.25) is 0 Å². The maximum absolute atomic E-state index is 11.7. The molecule has 294 valence electrons. The van der Waals surface area contributed by atoms with Crippen molar-refractivity contribution >= 4 is 40.8 Å². The SMILES string of the molecule is CNNc1ccccc1.Cn1c(C(N)=O)cc(=O)n1-c1ccccc1.Cn1c(N)c(N)c(=O)n1-c1ccccc1.Cn1c(N)cc(=O)n1-c1ccccc1.[Na+].[O-]Cl. The van der Waals surface area contributed by atoms with Gasteiger partial charge < -0.3 is 33.0 Å². The van der Waals surface area contributed by atoms with E-state index in [2.05, 4.69) is 22.7 Å². The van der Waals surface area contributed by atoms with Crippen LogP contribution in [0.4, 0.5) is 23.0 Å². The summed E-state index contributed by atoms with van der Waals surface area (Å²) in [4.78, 5) is 46.0. The van der Waals surface area contributed by atoms with E-state index >= 15 is 0 Å². The first kappa shape index (κ1) is 46.9. The Morgan fingerprint density at radius 2 is 0.982 bits per heavy atom. The molecule has 0 fully saturated rings. The molecular formula is C38H44ClN12NaO5. The number of benzene rings is 4. The van der Waals surface area contributed by atoms with Gasteiger partial charge in [-0.1, -0.05) is 72.8 Å². The van der Waals surface area contributed by atoms with Crippen LogP contribution >= 0.6 is 11.9 Å². The second-order valence-electron chi connectivity index (χ2n) is 11.5. The number of halogens is 1. The second-order valence-corrected chi connectivity index (χ2v) is 11.5. The Labute approximate surface area is 355 Å². The van der Waals surface area contributed by atoms with Gasteiger partial charge in [0.1, 0.15) is 23.0 Å². The van der Waals surface area contributed by atoms with E-state index < -0.39 is 5.91 Å². The normalized spacial score (nSPS) is 9.72. The van der Waals surface area contributed by atoms with Gasteiger partial charge in [0.25, 0.3) is 22.6 Å². The molecule has 19 heteroatoms. The number of hydrazine groups is 1. The first-order chi connectivity index (χ1) is 26.9. The summed E-state index contributed by atoms with van der Waals surface area (Å²) in [5, 5.41) is 0. The zero-order valence-electron chi connectivity index (χ0n) is 32.1. The Kier molecular flexibility index (Phi) is 18.9. The number of para-hydroxylation sites is 4. The minimum atomic E-state index is -0.616. The van der Waals surface area contributed by atoms with Gasteiger partial charge in [0.2, 0.25) is 0 Å². The van der Waals surface area contributed by atoms with E-state index in [9.17, 15) is 19.2 Å². The molecule has 0 saturated carbocycles. The number of hydrogen-bond donors (Lipinski definition) is 6. The molecule has 17 nitrogen and oxygen atoms in total. The number of primary amides is 1. The van der Waals surface area contributed by atoms with Crippen LogP contribution in [0.15, 0.2) is 148 Å². The quantitative estimate of drug-likeness (QED) is 0.0894. The van der Waals surface area contributed by atoms with Gasteiger partial charge in [0.15, 0.2) is 0 Å². The molecule has 3 aromatic heterocycles. The molecule has 7 aromatic rings. The van der Waals surface area contributed by atoms with Crippen LogP contribution in [0.3, 0.4) is 0 Å². The summed E-state index contributed by atoms with van der Waals surface area (Å²) in [6, 6.07) is 40.3. The van der Waals surface area contributed by atoms with Crippen molar-refractivity contribution in [2.45, 2.75) is 0 Å². The Morgan fingerprint density at radius 3 is 1.32 bits per heavy atom. The molecule has 0 aliphatic rings. The molecule has 10 N–H and O–H groups in total. The number of nitrogen functional groups attached to an aromatic ring is 3. The molecule has 0 aliphatic heterocycles. The van der Waals surface area contributed by atoms with E-state index in [0.29, 0.717) is 11.5 Å². The van der Waals surface area contributed by atoms with Gasteiger partial charge in [-0.15, -0.1) is 0 Å². The molecule has 0 bridgehead atoms. The zero-order chi connectivity index (χ0) is 41.4. The van der Waals surface area contributed by atoms with E-state index in [1.807, 2.05) is 116 Å². The van der Waals surface area contributed by atoms with Gasteiger partial charge in [0.05, 0.1) is 17.1 Å². The van der Waals surface area contributed by atoms with Gasteiger partial charge >= 0.3 is 29.6 Å². The maximum Gasteiger partial charge on any atom is 1.00 e. The van der Waals surface area contributed by atoms with Gasteiger partial charge in [0, 0.05) is 46.0 Å². The third-order valence-corrected chi connectivity index (χ3v) is 7.92. The van der Waals surface area contributed by atoms with E-state index in [1.165, 1.54) is 35.5 Å². The van der Waals surface area contributed by atoms with Crippen LogP contribution in [-0.2, 0) is 21.1 Å². The molecule has 0 aliphatic carbocycles. The van der Waals surface area contributed by atoms with Gasteiger partial charge in [-0.3, -0.25) is 33.2 Å². The van der Waals surface area contributed by atoms with Crippen LogP contribution in [0.5, 0.6) is 0 Å². The Morgan fingerprint density at radius 1 is 0.596 bits per heavy atom. The molecule has 7 rings (SSSR count). The van der Waals surface area contributed by atoms with Crippen molar-refractivity contribution in [1.82, 2.24) is 33.5 Å². The topological polar surface area (TPSA) is 249 Å². The standard InChI is InChI=1S/C11H11N3O2.C10H12N4O.C10H11N3O.C7H10N2.ClO.Na/c1-13-9(11(12)16)7-10(15)14(13)8-5-3-2-4-6-8;1-13-9(12)8(11)10(15)14(13)7-5-3-2-4-6-7;1-12-9(11)7-10(14)13(12)8-5-3-2-4-6-8;1-8-9-7-5-3-2-4-6-7;1-2;/h2-7H,1H3,(H2,12,16);2-6H,11-12H2,1H3;2-7H,11H2,1H3;2-6,8-9H,1H3;;/q;;;;-1;+1. The van der Waals surface area contributed by atoms with Crippen LogP contribution in [-0.4, -0.2) is 41.0 Å². The smallest absolute Gasteiger partial charge is 0.769 e. The number of nitrogens with zero attached hydrogens (tertiary/aromatic N) is 6. The van der Waals surface area contributed by atoms with Crippen molar-refractivity contribution in [2.75, 3.05) is 29.7 Å². The van der Waals surface area contributed by atoms with Gasteiger partial charge in [-0.25, -0.2) is 31.3 Å². The number of carbonyl (C=O) groups excluding carboxylic acids is 1. The van der Waals surface area contributed by atoms with E-state index in [0.717, 1.165) is 17.1 Å². The summed E-state index contributed by atoms with van der Waals surface area (Å²) in [5.41, 5.74) is 30.7. The fraction of sp³-hybridized carbons (Fsp3) is 0.105. The first-order valence-corrected chi connectivity index (χ1v) is 16.9. The molecule has 0 radical (unpaired) electrons. The fourth-order valence-corrected chi connectivity index (χ4v) is 5.21. The summed E-state index contributed by atoms with van der Waals surface area (Å²) in [6.07, 6.45) is 0. The molecule has 0 saturated heterocycles. The number of carbonyl (C=O) groups is 1. The molecule has 1 amide bonds. The molecule has 0 spiro atoms. The second kappa shape index (κ2) is 23.0. The molecule has 0 unspecified atom stereocenters. The molecule has 3 heterocycles. The Bertz CT molecular complexity index is 2460. The van der Waals surface area contributed by atoms with Crippen molar-refractivity contribution in [2.24, 2.45) is 26.9 Å². The predicted molar refractivity (Wildman–Crippen MR) is 220 cm³/mol. The van der Waals surface area contributed by atoms with Crippen LogP contribution < -0.4 is 84.7 Å². The molecule has 4 aromatic carbocycles. The van der Waals surface area contributed by atoms with Crippen molar-refractivity contribution in [3.63, 3.8) is 0 Å². The monoisotopic (exact) mass is 806 g/mol. The number of nitrogens with two attached hydrogens (primary N) is 4. The summed E-state index contributed by atoms with van der Waals surface area (Å²) in [7, 11) is 6.91. The van der Waals surface area contributed by atoms with Crippen LogP contribution in [0.25, 0.3) is 17.1 Å². The number of rotatable bonds is 6. The Hall–Kier alpha value is -6.21. The zero-order valence-corrected chi connectivity index (χ0v) is 34.9. The summed E-state index contributed by atoms with van der Waals surface area (Å²) in [6.45, 7) is 0. The van der Waals surface area contributed by atoms with E-state index in [-0.39, 0.29) is 63.4 Å². The average molecular weight is 807 g/mol.